The van der Waals surface area contributed by atoms with Crippen LogP contribution in [-0.2, 0) is 0 Å². The van der Waals surface area contributed by atoms with Crippen LogP contribution >= 0.6 is 11.6 Å². The highest BCUT2D eigenvalue weighted by atomic mass is 35.5. The van der Waals surface area contributed by atoms with E-state index < -0.39 is 5.54 Å². The minimum Gasteiger partial charge on any atom is -0.357 e. The molecule has 7 heteroatoms. The van der Waals surface area contributed by atoms with Crippen LogP contribution in [0, 0.1) is 35.0 Å². The molecule has 4 bridgehead atoms. The van der Waals surface area contributed by atoms with Crippen molar-refractivity contribution in [1.29, 1.82) is 5.26 Å². The van der Waals surface area contributed by atoms with Crippen LogP contribution in [0.4, 0.5) is 11.9 Å². The lowest BCUT2D eigenvalue weighted by Crippen LogP contribution is -2.61. The lowest BCUT2D eigenvalue weighted by molar-refractivity contribution is -0.0209. The Morgan fingerprint density at radius 3 is 2.18 bits per heavy atom. The molecule has 22 heavy (non-hydrogen) atoms. The minimum absolute atomic E-state index is 0.138. The molecule has 0 atom stereocenters. The maximum atomic E-state index is 9.97. The van der Waals surface area contributed by atoms with E-state index in [1.165, 1.54) is 6.42 Å². The summed E-state index contributed by atoms with van der Waals surface area (Å²) in [6.45, 7) is 0. The molecule has 0 saturated heterocycles. The lowest BCUT2D eigenvalue weighted by Gasteiger charge is -2.58. The summed E-state index contributed by atoms with van der Waals surface area (Å²) < 4.78 is 0. The molecule has 1 heterocycles. The number of hydrogen-bond donors (Lipinski definition) is 2. The van der Waals surface area contributed by atoms with Gasteiger partial charge < -0.3 is 10.6 Å². The normalized spacial score (nSPS) is 38.6. The van der Waals surface area contributed by atoms with Crippen molar-refractivity contribution in [2.45, 2.75) is 37.6 Å². The highest BCUT2D eigenvalue weighted by Gasteiger charge is 2.58. The summed E-state index contributed by atoms with van der Waals surface area (Å²) in [6, 6.07) is 2.59. The summed E-state index contributed by atoms with van der Waals surface area (Å²) in [7, 11) is 1.73. The van der Waals surface area contributed by atoms with Gasteiger partial charge in [0, 0.05) is 7.05 Å². The molecule has 4 aliphatic carbocycles. The zero-order valence-electron chi connectivity index (χ0n) is 12.5. The van der Waals surface area contributed by atoms with E-state index in [9.17, 15) is 5.26 Å². The first-order valence-electron chi connectivity index (χ1n) is 7.91. The van der Waals surface area contributed by atoms with Gasteiger partial charge in [0.05, 0.1) is 6.07 Å². The second-order valence-corrected chi connectivity index (χ2v) is 7.25. The molecule has 1 aromatic heterocycles. The van der Waals surface area contributed by atoms with E-state index in [1.807, 2.05) is 0 Å². The fraction of sp³-hybridized carbons (Fsp3) is 0.733. The zero-order valence-corrected chi connectivity index (χ0v) is 13.3. The van der Waals surface area contributed by atoms with Crippen molar-refractivity contribution in [3.8, 4) is 6.07 Å². The quantitative estimate of drug-likeness (QED) is 0.891. The second-order valence-electron chi connectivity index (χ2n) is 6.91. The van der Waals surface area contributed by atoms with Gasteiger partial charge in [0.2, 0.25) is 17.2 Å². The summed E-state index contributed by atoms with van der Waals surface area (Å²) in [5, 5.41) is 16.3. The molecule has 0 amide bonds. The monoisotopic (exact) mass is 318 g/mol. The Morgan fingerprint density at radius 2 is 1.64 bits per heavy atom. The molecule has 5 rings (SSSR count). The zero-order chi connectivity index (χ0) is 15.3. The smallest absolute Gasteiger partial charge is 0.230 e. The van der Waals surface area contributed by atoms with E-state index in [4.69, 9.17) is 11.6 Å². The first kappa shape index (κ1) is 14.0. The van der Waals surface area contributed by atoms with Crippen molar-refractivity contribution < 1.29 is 0 Å². The minimum atomic E-state index is -0.552. The first-order chi connectivity index (χ1) is 10.6. The Morgan fingerprint density at radius 1 is 1.05 bits per heavy atom. The van der Waals surface area contributed by atoms with Crippen LogP contribution in [0.25, 0.3) is 0 Å². The van der Waals surface area contributed by atoms with Crippen molar-refractivity contribution in [3.05, 3.63) is 5.28 Å². The molecule has 2 N–H and O–H groups in total. The summed E-state index contributed by atoms with van der Waals surface area (Å²) in [5.74, 6) is 3.21. The van der Waals surface area contributed by atoms with E-state index in [2.05, 4.69) is 31.7 Å². The van der Waals surface area contributed by atoms with Gasteiger partial charge in [-0.2, -0.15) is 20.2 Å². The molecule has 116 valence electrons. The molecule has 0 aromatic carbocycles. The predicted octanol–water partition coefficient (Wildman–Crippen LogP) is 2.70. The first-order valence-corrected chi connectivity index (χ1v) is 8.29. The molecule has 4 aliphatic rings. The predicted molar refractivity (Wildman–Crippen MR) is 83.4 cm³/mol. The van der Waals surface area contributed by atoms with E-state index in [0.29, 0.717) is 23.7 Å². The molecule has 0 spiro atoms. The van der Waals surface area contributed by atoms with Crippen molar-refractivity contribution in [2.24, 2.45) is 23.7 Å². The third-order valence-corrected chi connectivity index (χ3v) is 5.93. The number of halogens is 1. The van der Waals surface area contributed by atoms with Gasteiger partial charge in [-0.05, 0) is 67.4 Å². The Kier molecular flexibility index (Phi) is 3.15. The van der Waals surface area contributed by atoms with Gasteiger partial charge in [0.1, 0.15) is 5.54 Å². The molecule has 0 aliphatic heterocycles. The van der Waals surface area contributed by atoms with Crippen LogP contribution in [0.5, 0.6) is 0 Å². The van der Waals surface area contributed by atoms with E-state index in [-0.39, 0.29) is 5.28 Å². The van der Waals surface area contributed by atoms with Gasteiger partial charge >= 0.3 is 0 Å². The van der Waals surface area contributed by atoms with E-state index in [0.717, 1.165) is 37.5 Å². The van der Waals surface area contributed by atoms with Crippen molar-refractivity contribution in [3.63, 3.8) is 0 Å². The van der Waals surface area contributed by atoms with Crippen molar-refractivity contribution in [2.75, 3.05) is 17.7 Å². The Balaban J connectivity index is 1.68. The molecule has 0 unspecified atom stereocenters. The summed E-state index contributed by atoms with van der Waals surface area (Å²) in [4.78, 5) is 12.5. The van der Waals surface area contributed by atoms with Crippen LogP contribution in [-0.4, -0.2) is 27.5 Å². The van der Waals surface area contributed by atoms with Gasteiger partial charge in [0.25, 0.3) is 0 Å². The lowest BCUT2D eigenvalue weighted by atomic mass is 9.49. The van der Waals surface area contributed by atoms with Crippen LogP contribution < -0.4 is 10.6 Å². The number of nitrogens with one attached hydrogen (secondary N) is 2. The highest BCUT2D eigenvalue weighted by molar-refractivity contribution is 6.28. The summed E-state index contributed by atoms with van der Waals surface area (Å²) >= 11 is 5.96. The number of aromatic nitrogens is 3. The fourth-order valence-corrected chi connectivity index (χ4v) is 5.21. The molecular formula is C15H19ClN6. The molecule has 4 fully saturated rings. The maximum absolute atomic E-state index is 9.97. The summed E-state index contributed by atoms with van der Waals surface area (Å²) in [6.07, 6.45) is 5.93. The van der Waals surface area contributed by atoms with Crippen LogP contribution in [0.3, 0.4) is 0 Å². The number of nitrogens with zero attached hydrogens (tertiary/aromatic N) is 4. The molecule has 1 aromatic rings. The highest BCUT2D eigenvalue weighted by Crippen LogP contribution is 2.58. The number of hydrogen-bond acceptors (Lipinski definition) is 6. The maximum Gasteiger partial charge on any atom is 0.230 e. The average Bonchev–Trinajstić information content (AvgIpc) is 2.50. The van der Waals surface area contributed by atoms with Crippen LogP contribution in [0.1, 0.15) is 32.1 Å². The standard InChI is InChI=1S/C15H19ClN6/c1-18-13-19-12(16)20-14(21-13)22-15(7-17)10-3-8-2-9(5-10)6-11(15)4-8/h8-11H,2-6H2,1H3,(H2,18,19,20,21,22). The molecular weight excluding hydrogens is 300 g/mol. The Hall–Kier alpha value is -1.61. The van der Waals surface area contributed by atoms with Gasteiger partial charge in [-0.25, -0.2) is 0 Å². The van der Waals surface area contributed by atoms with Gasteiger partial charge in [-0.15, -0.1) is 0 Å². The SMILES string of the molecule is CNc1nc(Cl)nc(NC2(C#N)C3CC4CC(C3)CC2C4)n1. The number of anilines is 2. The summed E-state index contributed by atoms with van der Waals surface area (Å²) in [5.41, 5.74) is -0.552. The number of nitriles is 1. The fourth-order valence-electron chi connectivity index (χ4n) is 5.05. The van der Waals surface area contributed by atoms with Gasteiger partial charge in [0.15, 0.2) is 0 Å². The van der Waals surface area contributed by atoms with Gasteiger partial charge in [-0.3, -0.25) is 0 Å². The van der Waals surface area contributed by atoms with E-state index >= 15 is 0 Å². The Bertz CT molecular complexity index is 611. The molecule has 0 radical (unpaired) electrons. The van der Waals surface area contributed by atoms with Gasteiger partial charge in [-0.1, -0.05) is 0 Å². The third-order valence-electron chi connectivity index (χ3n) is 5.76. The number of rotatable bonds is 3. The molecule has 4 saturated carbocycles. The largest absolute Gasteiger partial charge is 0.357 e. The van der Waals surface area contributed by atoms with Crippen LogP contribution in [0.15, 0.2) is 0 Å². The Labute approximate surface area is 134 Å². The van der Waals surface area contributed by atoms with E-state index in [1.54, 1.807) is 7.05 Å². The van der Waals surface area contributed by atoms with Crippen molar-refractivity contribution >= 4 is 23.5 Å². The van der Waals surface area contributed by atoms with Crippen molar-refractivity contribution in [1.82, 2.24) is 15.0 Å². The topological polar surface area (TPSA) is 86.5 Å². The second kappa shape index (κ2) is 4.95. The average molecular weight is 319 g/mol. The van der Waals surface area contributed by atoms with Crippen LogP contribution in [0.2, 0.25) is 5.28 Å². The molecule has 6 nitrogen and oxygen atoms in total. The third kappa shape index (κ3) is 2.03.